The zero-order valence-electron chi connectivity index (χ0n) is 15.3. The number of ether oxygens (including phenoxy) is 1. The average molecular weight is 441 g/mol. The second-order valence-electron chi connectivity index (χ2n) is 6.75. The molecule has 1 aliphatic heterocycles. The molecule has 0 aliphatic carbocycles. The molecule has 3 N–H and O–H groups in total. The molecular formula is C18H18ClFN4O4S. The molecule has 1 aromatic carbocycles. The van der Waals surface area contributed by atoms with E-state index in [0.29, 0.717) is 0 Å². The Morgan fingerprint density at radius 3 is 2.76 bits per heavy atom. The van der Waals surface area contributed by atoms with Crippen LogP contribution in [0.15, 0.2) is 41.6 Å². The van der Waals surface area contributed by atoms with E-state index in [1.807, 2.05) is 0 Å². The first kappa shape index (κ1) is 21.4. The van der Waals surface area contributed by atoms with E-state index in [9.17, 15) is 17.9 Å². The Morgan fingerprint density at radius 2 is 2.21 bits per heavy atom. The molecule has 3 atom stereocenters. The van der Waals surface area contributed by atoms with Crippen LogP contribution in [0.3, 0.4) is 0 Å². The van der Waals surface area contributed by atoms with E-state index in [-0.39, 0.29) is 34.5 Å². The number of β-amino-alcohol motifs (C(OH)–C–C–N with tert-alkyl or cyclic N) is 1. The number of nitriles is 1. The first-order valence-corrected chi connectivity index (χ1v) is 10.4. The molecule has 0 radical (unpaired) electrons. The smallest absolute Gasteiger partial charge is 0.260 e. The van der Waals surface area contributed by atoms with Crippen LogP contribution in [0.5, 0.6) is 5.75 Å². The van der Waals surface area contributed by atoms with Crippen LogP contribution in [0, 0.1) is 17.1 Å². The number of rotatable bonds is 5. The monoisotopic (exact) mass is 440 g/mol. The van der Waals surface area contributed by atoms with E-state index in [4.69, 9.17) is 27.3 Å². The van der Waals surface area contributed by atoms with Crippen LogP contribution in [0.4, 0.5) is 4.39 Å². The fraction of sp³-hybridized carbons (Fsp3) is 0.333. The maximum Gasteiger partial charge on any atom is 0.260 e. The quantitative estimate of drug-likeness (QED) is 0.716. The summed E-state index contributed by atoms with van der Waals surface area (Å²) in [5, 5.41) is 19.9. The van der Waals surface area contributed by atoms with Gasteiger partial charge in [-0.25, -0.2) is 17.8 Å². The highest BCUT2D eigenvalue weighted by molar-refractivity contribution is 7.89. The van der Waals surface area contributed by atoms with Crippen molar-refractivity contribution in [1.29, 1.82) is 5.26 Å². The molecule has 0 bridgehead atoms. The first-order chi connectivity index (χ1) is 13.6. The van der Waals surface area contributed by atoms with Crippen molar-refractivity contribution in [3.05, 3.63) is 52.9 Å². The van der Waals surface area contributed by atoms with E-state index in [1.165, 1.54) is 37.4 Å². The SMILES string of the molecule is C[C@@H](N)[C@]1(O)CN(S(=O)(=O)c2ccc(Cl)cn2)C[C@@H]1Oc1ccc(C#N)c(F)c1. The molecule has 29 heavy (non-hydrogen) atoms. The fourth-order valence-electron chi connectivity index (χ4n) is 3.02. The molecule has 1 aliphatic rings. The highest BCUT2D eigenvalue weighted by Gasteiger charge is 2.53. The van der Waals surface area contributed by atoms with Crippen molar-refractivity contribution in [2.45, 2.75) is 29.7 Å². The molecule has 1 aromatic heterocycles. The molecule has 2 aromatic rings. The van der Waals surface area contributed by atoms with Crippen molar-refractivity contribution >= 4 is 21.6 Å². The molecule has 0 unspecified atom stereocenters. The van der Waals surface area contributed by atoms with Gasteiger partial charge >= 0.3 is 0 Å². The van der Waals surface area contributed by atoms with Gasteiger partial charge in [-0.05, 0) is 31.2 Å². The summed E-state index contributed by atoms with van der Waals surface area (Å²) in [6.07, 6.45) is 0.132. The van der Waals surface area contributed by atoms with Crippen LogP contribution in [0.25, 0.3) is 0 Å². The first-order valence-electron chi connectivity index (χ1n) is 8.54. The number of benzene rings is 1. The largest absolute Gasteiger partial charge is 0.486 e. The number of sulfonamides is 1. The topological polar surface area (TPSA) is 130 Å². The second kappa shape index (κ2) is 7.85. The minimum Gasteiger partial charge on any atom is -0.486 e. The molecule has 2 heterocycles. The number of nitrogens with zero attached hydrogens (tertiary/aromatic N) is 3. The van der Waals surface area contributed by atoms with Gasteiger partial charge in [0.2, 0.25) is 0 Å². The summed E-state index contributed by atoms with van der Waals surface area (Å²) in [7, 11) is -4.05. The van der Waals surface area contributed by atoms with Crippen molar-refractivity contribution in [1.82, 2.24) is 9.29 Å². The van der Waals surface area contributed by atoms with Gasteiger partial charge in [-0.3, -0.25) is 0 Å². The van der Waals surface area contributed by atoms with E-state index >= 15 is 0 Å². The predicted molar refractivity (Wildman–Crippen MR) is 102 cm³/mol. The number of halogens is 2. The summed E-state index contributed by atoms with van der Waals surface area (Å²) in [6.45, 7) is 0.958. The number of aliphatic hydroxyl groups is 1. The van der Waals surface area contributed by atoms with Gasteiger partial charge in [-0.2, -0.15) is 9.57 Å². The Morgan fingerprint density at radius 1 is 1.48 bits per heavy atom. The van der Waals surface area contributed by atoms with E-state index in [1.54, 1.807) is 6.07 Å². The lowest BCUT2D eigenvalue weighted by atomic mass is 9.92. The minimum absolute atomic E-state index is 0.0365. The van der Waals surface area contributed by atoms with Crippen molar-refractivity contribution in [3.8, 4) is 11.8 Å². The molecule has 1 saturated heterocycles. The molecule has 154 valence electrons. The highest BCUT2D eigenvalue weighted by Crippen LogP contribution is 2.32. The lowest BCUT2D eigenvalue weighted by molar-refractivity contribution is -0.0425. The van der Waals surface area contributed by atoms with Gasteiger partial charge in [-0.1, -0.05) is 11.6 Å². The zero-order valence-corrected chi connectivity index (χ0v) is 16.9. The molecule has 0 saturated carbocycles. The predicted octanol–water partition coefficient (Wildman–Crippen LogP) is 1.28. The standard InChI is InChI=1S/C18H18ClFN4O4S/c1-11(22)18(25)10-24(29(26,27)17-5-3-13(19)8-23-17)9-16(18)28-14-4-2-12(7-21)15(20)6-14/h2-6,8,11,16,25H,9-10,22H2,1H3/t11-,16+,18-/m1/s1. The van der Waals surface area contributed by atoms with Crippen molar-refractivity contribution in [2.24, 2.45) is 5.73 Å². The van der Waals surface area contributed by atoms with Crippen molar-refractivity contribution < 1.29 is 22.7 Å². The summed E-state index contributed by atoms with van der Waals surface area (Å²) in [4.78, 5) is 3.83. The molecule has 11 heteroatoms. The molecule has 3 rings (SSSR count). The maximum atomic E-state index is 13.9. The van der Waals surface area contributed by atoms with Crippen LogP contribution in [0.1, 0.15) is 12.5 Å². The summed E-state index contributed by atoms with van der Waals surface area (Å²) < 4.78 is 46.4. The molecule has 8 nitrogen and oxygen atoms in total. The van der Waals surface area contributed by atoms with Crippen LogP contribution < -0.4 is 10.5 Å². The Labute approximate surface area is 172 Å². The van der Waals surface area contributed by atoms with Gasteiger partial charge in [0.1, 0.15) is 29.3 Å². The van der Waals surface area contributed by atoms with E-state index in [2.05, 4.69) is 4.98 Å². The van der Waals surface area contributed by atoms with Crippen LogP contribution >= 0.6 is 11.6 Å². The average Bonchev–Trinajstić information content (AvgIpc) is 3.01. The van der Waals surface area contributed by atoms with Crippen LogP contribution in [0.2, 0.25) is 5.02 Å². The fourth-order valence-corrected chi connectivity index (χ4v) is 4.53. The minimum atomic E-state index is -4.05. The number of aromatic nitrogens is 1. The number of pyridine rings is 1. The molecular weight excluding hydrogens is 423 g/mol. The van der Waals surface area contributed by atoms with Crippen LogP contribution in [-0.2, 0) is 10.0 Å². The normalized spacial score (nSPS) is 23.5. The number of hydrogen-bond donors (Lipinski definition) is 2. The van der Waals surface area contributed by atoms with Crippen molar-refractivity contribution in [2.75, 3.05) is 13.1 Å². The summed E-state index contributed by atoms with van der Waals surface area (Å²) in [5.74, 6) is -0.753. The van der Waals surface area contributed by atoms with Gasteiger partial charge < -0.3 is 15.6 Å². The van der Waals surface area contributed by atoms with Gasteiger partial charge in [0.15, 0.2) is 5.03 Å². The van der Waals surface area contributed by atoms with E-state index in [0.717, 1.165) is 10.4 Å². The van der Waals surface area contributed by atoms with Crippen LogP contribution in [-0.4, -0.2) is 53.6 Å². The Balaban J connectivity index is 1.90. The Bertz CT molecular complexity index is 1060. The third kappa shape index (κ3) is 4.05. The zero-order chi connectivity index (χ0) is 21.4. The third-order valence-corrected chi connectivity index (χ3v) is 6.74. The highest BCUT2D eigenvalue weighted by atomic mass is 35.5. The number of hydrogen-bond acceptors (Lipinski definition) is 7. The van der Waals surface area contributed by atoms with Gasteiger partial charge in [0, 0.05) is 24.8 Å². The van der Waals surface area contributed by atoms with E-state index < -0.39 is 33.6 Å². The van der Waals surface area contributed by atoms with Gasteiger partial charge in [0.25, 0.3) is 10.0 Å². The second-order valence-corrected chi connectivity index (χ2v) is 9.07. The van der Waals surface area contributed by atoms with Crippen molar-refractivity contribution in [3.63, 3.8) is 0 Å². The lowest BCUT2D eigenvalue weighted by Crippen LogP contribution is -2.56. The van der Waals surface area contributed by atoms with Gasteiger partial charge in [-0.15, -0.1) is 0 Å². The summed E-state index contributed by atoms with van der Waals surface area (Å²) in [6, 6.07) is 7.08. The molecule has 0 spiro atoms. The third-order valence-electron chi connectivity index (χ3n) is 4.79. The number of nitrogens with two attached hydrogens (primary N) is 1. The lowest BCUT2D eigenvalue weighted by Gasteiger charge is -2.32. The molecule has 1 fully saturated rings. The summed E-state index contributed by atoms with van der Waals surface area (Å²) in [5.41, 5.74) is 4.02. The Hall–Kier alpha value is -2.29. The maximum absolute atomic E-state index is 13.9. The molecule has 0 amide bonds. The summed E-state index contributed by atoms with van der Waals surface area (Å²) >= 11 is 5.76. The Kier molecular flexibility index (Phi) is 5.80. The van der Waals surface area contributed by atoms with Gasteiger partial charge in [0.05, 0.1) is 17.1 Å².